The predicted molar refractivity (Wildman–Crippen MR) is 149 cm³/mol. The van der Waals surface area contributed by atoms with Crippen LogP contribution in [0.4, 0.5) is 5.69 Å². The number of hydrogen-bond donors (Lipinski definition) is 1. The summed E-state index contributed by atoms with van der Waals surface area (Å²) in [6, 6.07) is 9.01. The Bertz CT molecular complexity index is 1220. The Balaban J connectivity index is 2.55. The van der Waals surface area contributed by atoms with Crippen molar-refractivity contribution in [2.45, 2.75) is 59.2 Å². The normalized spacial score (nSPS) is 13.0. The maximum atomic E-state index is 13.8. The molecule has 0 aliphatic rings. The number of nitrogens with one attached hydrogen (secondary N) is 1. The fraction of sp³-hybridized carbons (Fsp3) is 0.462. The molecule has 0 saturated carbocycles. The van der Waals surface area contributed by atoms with Gasteiger partial charge in [0.25, 0.3) is 0 Å². The van der Waals surface area contributed by atoms with Crippen LogP contribution in [0.25, 0.3) is 0 Å². The van der Waals surface area contributed by atoms with Crippen molar-refractivity contribution >= 4 is 50.7 Å². The van der Waals surface area contributed by atoms with Crippen LogP contribution >= 0.6 is 23.2 Å². The predicted octanol–water partition coefficient (Wildman–Crippen LogP) is 4.80. The zero-order chi connectivity index (χ0) is 27.9. The number of sulfonamides is 1. The first kappa shape index (κ1) is 30.7. The van der Waals surface area contributed by atoms with Crippen molar-refractivity contribution < 1.29 is 22.7 Å². The zero-order valence-corrected chi connectivity index (χ0v) is 24.4. The largest absolute Gasteiger partial charge is 0.495 e. The number of ether oxygens (including phenoxy) is 1. The van der Waals surface area contributed by atoms with Gasteiger partial charge in [-0.25, -0.2) is 8.42 Å². The van der Waals surface area contributed by atoms with Crippen LogP contribution in [0.3, 0.4) is 0 Å². The average Bonchev–Trinajstić information content (AvgIpc) is 2.82. The molecule has 8 nitrogen and oxygen atoms in total. The molecular formula is C26H35Cl2N3O5S. The average molecular weight is 573 g/mol. The minimum absolute atomic E-state index is 0.0101. The molecule has 0 bridgehead atoms. The molecule has 0 spiro atoms. The lowest BCUT2D eigenvalue weighted by atomic mass is 10.1. The molecule has 11 heteroatoms. The van der Waals surface area contributed by atoms with Crippen LogP contribution in [0.1, 0.15) is 44.7 Å². The van der Waals surface area contributed by atoms with Gasteiger partial charge in [0.05, 0.1) is 19.1 Å². The number of rotatable bonds is 12. The molecule has 0 unspecified atom stereocenters. The van der Waals surface area contributed by atoms with E-state index in [9.17, 15) is 18.0 Å². The molecule has 2 atom stereocenters. The first-order chi connectivity index (χ1) is 17.3. The van der Waals surface area contributed by atoms with Crippen LogP contribution in [-0.2, 0) is 26.2 Å². The number of carbonyl (C=O) groups excluding carboxylic acids is 2. The van der Waals surface area contributed by atoms with Crippen LogP contribution < -0.4 is 14.4 Å². The van der Waals surface area contributed by atoms with E-state index < -0.39 is 28.5 Å². The maximum absolute atomic E-state index is 13.8. The summed E-state index contributed by atoms with van der Waals surface area (Å²) >= 11 is 12.4. The number of aryl methyl sites for hydroxylation is 1. The SMILES string of the molecule is CC[C@H](C(=O)N[C@@H](C)CC)N(Cc1ccc(Cl)cc1Cl)C(=O)CN(c1cc(C)ccc1OC)S(C)(=O)=O. The standard InChI is InChI=1S/C26H35Cl2N3O5S/c1-7-18(4)29-26(33)22(8-2)30(15-19-10-11-20(27)14-21(19)28)25(32)16-31(37(6,34)35)23-13-17(3)9-12-24(23)36-5/h9-14,18,22H,7-8,15-16H2,1-6H3,(H,29,33)/t18-,22+/m0/s1. The van der Waals surface area contributed by atoms with Crippen LogP contribution in [-0.4, -0.2) is 57.1 Å². The highest BCUT2D eigenvalue weighted by atomic mass is 35.5. The van der Waals surface area contributed by atoms with Crippen LogP contribution in [0.15, 0.2) is 36.4 Å². The lowest BCUT2D eigenvalue weighted by Gasteiger charge is -2.33. The van der Waals surface area contributed by atoms with Gasteiger partial charge in [-0.3, -0.25) is 13.9 Å². The summed E-state index contributed by atoms with van der Waals surface area (Å²) in [4.78, 5) is 28.4. The van der Waals surface area contributed by atoms with Gasteiger partial charge in [0.1, 0.15) is 18.3 Å². The minimum atomic E-state index is -3.90. The molecule has 2 aromatic carbocycles. The molecule has 1 N–H and O–H groups in total. The van der Waals surface area contributed by atoms with Gasteiger partial charge in [0.15, 0.2) is 0 Å². The van der Waals surface area contributed by atoms with E-state index in [4.69, 9.17) is 27.9 Å². The summed E-state index contributed by atoms with van der Waals surface area (Å²) in [6.07, 6.45) is 2.05. The van der Waals surface area contributed by atoms with Gasteiger partial charge in [-0.05, 0) is 62.1 Å². The molecule has 204 valence electrons. The van der Waals surface area contributed by atoms with Gasteiger partial charge in [-0.1, -0.05) is 49.2 Å². The Morgan fingerprint density at radius 3 is 2.30 bits per heavy atom. The Kier molecular flexibility index (Phi) is 11.1. The first-order valence-corrected chi connectivity index (χ1v) is 14.6. The third kappa shape index (κ3) is 8.25. The van der Waals surface area contributed by atoms with Gasteiger partial charge >= 0.3 is 0 Å². The monoisotopic (exact) mass is 571 g/mol. The second-order valence-electron chi connectivity index (χ2n) is 8.94. The number of nitrogens with zero attached hydrogens (tertiary/aromatic N) is 2. The highest BCUT2D eigenvalue weighted by Crippen LogP contribution is 2.31. The molecule has 0 aliphatic carbocycles. The van der Waals surface area contributed by atoms with Crippen LogP contribution in [0, 0.1) is 6.92 Å². The summed E-state index contributed by atoms with van der Waals surface area (Å²) in [5, 5.41) is 3.70. The number of methoxy groups -OCH3 is 1. The molecule has 0 fully saturated rings. The van der Waals surface area contributed by atoms with E-state index in [2.05, 4.69) is 5.32 Å². The quantitative estimate of drug-likeness (QED) is 0.394. The van der Waals surface area contributed by atoms with Crippen LogP contribution in [0.5, 0.6) is 5.75 Å². The third-order valence-electron chi connectivity index (χ3n) is 6.02. The number of halogens is 2. The summed E-state index contributed by atoms with van der Waals surface area (Å²) in [6.45, 7) is 6.89. The van der Waals surface area contributed by atoms with Crippen LogP contribution in [0.2, 0.25) is 10.0 Å². The molecule has 0 aliphatic heterocycles. The van der Waals surface area contributed by atoms with E-state index in [1.54, 1.807) is 43.3 Å². The highest BCUT2D eigenvalue weighted by molar-refractivity contribution is 7.92. The van der Waals surface area contributed by atoms with Crippen molar-refractivity contribution in [1.29, 1.82) is 0 Å². The van der Waals surface area contributed by atoms with Gasteiger partial charge in [-0.15, -0.1) is 0 Å². The molecule has 0 saturated heterocycles. The molecule has 0 aromatic heterocycles. The summed E-state index contributed by atoms with van der Waals surface area (Å²) in [7, 11) is -2.47. The van der Waals surface area contributed by atoms with Gasteiger partial charge < -0.3 is 15.0 Å². The van der Waals surface area contributed by atoms with E-state index in [-0.39, 0.29) is 24.2 Å². The van der Waals surface area contributed by atoms with Crippen molar-refractivity contribution in [3.8, 4) is 5.75 Å². The minimum Gasteiger partial charge on any atom is -0.495 e. The van der Waals surface area contributed by atoms with Crippen molar-refractivity contribution in [1.82, 2.24) is 10.2 Å². The van der Waals surface area contributed by atoms with Crippen molar-refractivity contribution in [3.05, 3.63) is 57.6 Å². The first-order valence-electron chi connectivity index (χ1n) is 12.0. The second kappa shape index (κ2) is 13.3. The molecule has 0 heterocycles. The van der Waals surface area contributed by atoms with E-state index in [1.165, 1.54) is 12.0 Å². The number of carbonyl (C=O) groups is 2. The lowest BCUT2D eigenvalue weighted by molar-refractivity contribution is -0.140. The lowest BCUT2D eigenvalue weighted by Crippen LogP contribution is -2.53. The number of amides is 2. The second-order valence-corrected chi connectivity index (χ2v) is 11.7. The van der Waals surface area contributed by atoms with Gasteiger partial charge in [0, 0.05) is 22.6 Å². The molecule has 2 aromatic rings. The maximum Gasteiger partial charge on any atom is 0.244 e. The third-order valence-corrected chi connectivity index (χ3v) is 7.74. The molecule has 37 heavy (non-hydrogen) atoms. The summed E-state index contributed by atoms with van der Waals surface area (Å²) in [5.41, 5.74) is 1.61. The summed E-state index contributed by atoms with van der Waals surface area (Å²) in [5.74, 6) is -0.585. The Morgan fingerprint density at radius 2 is 1.76 bits per heavy atom. The Morgan fingerprint density at radius 1 is 1.08 bits per heavy atom. The smallest absolute Gasteiger partial charge is 0.244 e. The Labute approximate surface area is 229 Å². The zero-order valence-electron chi connectivity index (χ0n) is 22.0. The van der Waals surface area contributed by atoms with Gasteiger partial charge in [-0.2, -0.15) is 0 Å². The molecule has 2 amide bonds. The number of benzene rings is 2. The van der Waals surface area contributed by atoms with Crippen molar-refractivity contribution in [2.75, 3.05) is 24.2 Å². The van der Waals surface area contributed by atoms with E-state index in [1.807, 2.05) is 20.8 Å². The Hall–Kier alpha value is -2.49. The number of hydrogen-bond acceptors (Lipinski definition) is 5. The molecule has 2 rings (SSSR count). The number of anilines is 1. The fourth-order valence-corrected chi connectivity index (χ4v) is 5.10. The van der Waals surface area contributed by atoms with E-state index in [0.717, 1.165) is 16.1 Å². The fourth-order valence-electron chi connectivity index (χ4n) is 3.78. The van der Waals surface area contributed by atoms with Gasteiger partial charge in [0.2, 0.25) is 21.8 Å². The van der Waals surface area contributed by atoms with E-state index >= 15 is 0 Å². The van der Waals surface area contributed by atoms with Crippen molar-refractivity contribution in [3.63, 3.8) is 0 Å². The topological polar surface area (TPSA) is 96.0 Å². The highest BCUT2D eigenvalue weighted by Gasteiger charge is 2.33. The summed E-state index contributed by atoms with van der Waals surface area (Å²) < 4.78 is 32.1. The molecule has 0 radical (unpaired) electrons. The molecular weight excluding hydrogens is 537 g/mol. The van der Waals surface area contributed by atoms with Crippen molar-refractivity contribution in [2.24, 2.45) is 0 Å². The van der Waals surface area contributed by atoms with E-state index in [0.29, 0.717) is 34.2 Å².